The summed E-state index contributed by atoms with van der Waals surface area (Å²) < 4.78 is 5.29. The number of esters is 1. The monoisotopic (exact) mass is 309 g/mol. The van der Waals surface area contributed by atoms with E-state index in [2.05, 4.69) is 5.16 Å². The molecule has 2 aromatic carbocycles. The van der Waals surface area contributed by atoms with Crippen molar-refractivity contribution in [2.75, 3.05) is 6.61 Å². The fraction of sp³-hybridized carbons (Fsp3) is 0.263. The van der Waals surface area contributed by atoms with Gasteiger partial charge in [-0.05, 0) is 17.5 Å². The SMILES string of the molecule is O=C(CCc1ccccc1)OC[C@H]1CC(c2ccccc2)=NO1. The van der Waals surface area contributed by atoms with Crippen LogP contribution in [0.25, 0.3) is 0 Å². The second-order valence-electron chi connectivity index (χ2n) is 5.50. The molecule has 1 heterocycles. The van der Waals surface area contributed by atoms with Crippen LogP contribution in [0.1, 0.15) is 24.0 Å². The number of aryl methyl sites for hydroxylation is 1. The van der Waals surface area contributed by atoms with Crippen LogP contribution in [0.4, 0.5) is 0 Å². The maximum absolute atomic E-state index is 11.8. The molecule has 1 atom stereocenters. The van der Waals surface area contributed by atoms with Crippen molar-refractivity contribution in [1.29, 1.82) is 0 Å². The minimum absolute atomic E-state index is 0.189. The Labute approximate surface area is 135 Å². The summed E-state index contributed by atoms with van der Waals surface area (Å²) in [6, 6.07) is 19.8. The van der Waals surface area contributed by atoms with Gasteiger partial charge in [0, 0.05) is 12.8 Å². The van der Waals surface area contributed by atoms with Crippen LogP contribution in [0.15, 0.2) is 65.8 Å². The lowest BCUT2D eigenvalue weighted by atomic mass is 10.1. The normalized spacial score (nSPS) is 16.5. The first-order chi connectivity index (χ1) is 11.3. The van der Waals surface area contributed by atoms with Crippen molar-refractivity contribution in [2.45, 2.75) is 25.4 Å². The maximum atomic E-state index is 11.8. The average Bonchev–Trinajstić information content (AvgIpc) is 3.09. The Bertz CT molecular complexity index is 668. The lowest BCUT2D eigenvalue weighted by Crippen LogP contribution is -2.19. The molecule has 23 heavy (non-hydrogen) atoms. The van der Waals surface area contributed by atoms with E-state index >= 15 is 0 Å². The first kappa shape index (κ1) is 15.3. The summed E-state index contributed by atoms with van der Waals surface area (Å²) in [4.78, 5) is 17.2. The van der Waals surface area contributed by atoms with E-state index in [1.807, 2.05) is 60.7 Å². The standard InChI is InChI=1S/C19H19NO3/c21-19(12-11-15-7-3-1-4-8-15)22-14-17-13-18(20-23-17)16-9-5-2-6-10-16/h1-10,17H,11-14H2/t17-/m1/s1. The van der Waals surface area contributed by atoms with Gasteiger partial charge in [-0.3, -0.25) is 4.79 Å². The summed E-state index contributed by atoms with van der Waals surface area (Å²) in [5, 5.41) is 4.08. The van der Waals surface area contributed by atoms with E-state index in [0.717, 1.165) is 16.8 Å². The fourth-order valence-electron chi connectivity index (χ4n) is 2.47. The molecular weight excluding hydrogens is 290 g/mol. The van der Waals surface area contributed by atoms with Crippen LogP contribution in [0.5, 0.6) is 0 Å². The van der Waals surface area contributed by atoms with Gasteiger partial charge in [0.2, 0.25) is 0 Å². The summed E-state index contributed by atoms with van der Waals surface area (Å²) >= 11 is 0. The molecule has 2 aromatic rings. The Morgan fingerprint density at radius 1 is 1.09 bits per heavy atom. The highest BCUT2D eigenvalue weighted by Crippen LogP contribution is 2.17. The van der Waals surface area contributed by atoms with Crippen molar-refractivity contribution in [3.05, 3.63) is 71.8 Å². The topological polar surface area (TPSA) is 47.9 Å². The van der Waals surface area contributed by atoms with Gasteiger partial charge in [0.05, 0.1) is 5.71 Å². The van der Waals surface area contributed by atoms with Crippen molar-refractivity contribution in [1.82, 2.24) is 0 Å². The number of benzene rings is 2. The zero-order chi connectivity index (χ0) is 15.9. The van der Waals surface area contributed by atoms with Gasteiger partial charge in [0.25, 0.3) is 0 Å². The van der Waals surface area contributed by atoms with Crippen molar-refractivity contribution in [2.24, 2.45) is 5.16 Å². The summed E-state index contributed by atoms with van der Waals surface area (Å²) in [7, 11) is 0. The van der Waals surface area contributed by atoms with E-state index in [9.17, 15) is 4.79 Å². The van der Waals surface area contributed by atoms with Crippen LogP contribution in [-0.4, -0.2) is 24.4 Å². The first-order valence-electron chi connectivity index (χ1n) is 7.79. The first-order valence-corrected chi connectivity index (χ1v) is 7.79. The largest absolute Gasteiger partial charge is 0.462 e. The molecular formula is C19H19NO3. The molecule has 3 rings (SSSR count). The molecule has 0 spiro atoms. The molecule has 0 unspecified atom stereocenters. The van der Waals surface area contributed by atoms with E-state index in [-0.39, 0.29) is 18.7 Å². The van der Waals surface area contributed by atoms with Crippen LogP contribution >= 0.6 is 0 Å². The van der Waals surface area contributed by atoms with Crippen molar-refractivity contribution >= 4 is 11.7 Å². The molecule has 4 heteroatoms. The van der Waals surface area contributed by atoms with Crippen LogP contribution in [-0.2, 0) is 20.8 Å². The summed E-state index contributed by atoms with van der Waals surface area (Å²) in [5.74, 6) is -0.203. The van der Waals surface area contributed by atoms with Gasteiger partial charge < -0.3 is 9.57 Å². The van der Waals surface area contributed by atoms with Gasteiger partial charge in [-0.15, -0.1) is 0 Å². The van der Waals surface area contributed by atoms with E-state index in [1.165, 1.54) is 0 Å². The predicted molar refractivity (Wildman–Crippen MR) is 88.2 cm³/mol. The van der Waals surface area contributed by atoms with Gasteiger partial charge in [-0.2, -0.15) is 0 Å². The quantitative estimate of drug-likeness (QED) is 0.769. The lowest BCUT2D eigenvalue weighted by Gasteiger charge is -2.09. The molecule has 0 N–H and O–H groups in total. The third-order valence-corrected chi connectivity index (χ3v) is 3.73. The third kappa shape index (κ3) is 4.42. The number of oxime groups is 1. The summed E-state index contributed by atoms with van der Waals surface area (Å²) in [5.41, 5.74) is 3.08. The zero-order valence-electron chi connectivity index (χ0n) is 12.9. The molecule has 0 radical (unpaired) electrons. The molecule has 1 aliphatic heterocycles. The fourth-order valence-corrected chi connectivity index (χ4v) is 2.47. The van der Waals surface area contributed by atoms with Crippen molar-refractivity contribution in [3.8, 4) is 0 Å². The van der Waals surface area contributed by atoms with Gasteiger partial charge in [-0.25, -0.2) is 0 Å². The summed E-state index contributed by atoms with van der Waals surface area (Å²) in [6.07, 6.45) is 1.54. The molecule has 1 aliphatic rings. The Morgan fingerprint density at radius 2 is 1.78 bits per heavy atom. The van der Waals surface area contributed by atoms with Gasteiger partial charge in [0.15, 0.2) is 6.10 Å². The second kappa shape index (κ2) is 7.58. The number of carbonyl (C=O) groups is 1. The highest BCUT2D eigenvalue weighted by molar-refractivity contribution is 6.01. The number of nitrogens with zero attached hydrogens (tertiary/aromatic N) is 1. The van der Waals surface area contributed by atoms with Gasteiger partial charge in [0.1, 0.15) is 6.61 Å². The molecule has 118 valence electrons. The van der Waals surface area contributed by atoms with Crippen molar-refractivity contribution in [3.63, 3.8) is 0 Å². The van der Waals surface area contributed by atoms with Gasteiger partial charge >= 0.3 is 5.97 Å². The van der Waals surface area contributed by atoms with Crippen LogP contribution < -0.4 is 0 Å². The number of hydrogen-bond acceptors (Lipinski definition) is 4. The van der Waals surface area contributed by atoms with E-state index in [4.69, 9.17) is 9.57 Å². The van der Waals surface area contributed by atoms with Crippen LogP contribution in [0.3, 0.4) is 0 Å². The van der Waals surface area contributed by atoms with Crippen molar-refractivity contribution < 1.29 is 14.4 Å². The molecule has 0 aromatic heterocycles. The number of carbonyl (C=O) groups excluding carboxylic acids is 1. The van der Waals surface area contributed by atoms with Crippen LogP contribution in [0, 0.1) is 0 Å². The van der Waals surface area contributed by atoms with E-state index < -0.39 is 0 Å². The Morgan fingerprint density at radius 3 is 2.52 bits per heavy atom. The summed E-state index contributed by atoms with van der Waals surface area (Å²) in [6.45, 7) is 0.244. The molecule has 0 saturated heterocycles. The second-order valence-corrected chi connectivity index (χ2v) is 5.50. The third-order valence-electron chi connectivity index (χ3n) is 3.73. The molecule has 0 saturated carbocycles. The highest BCUT2D eigenvalue weighted by atomic mass is 16.7. The predicted octanol–water partition coefficient (Wildman–Crippen LogP) is 3.36. The molecule has 0 fully saturated rings. The molecule has 0 aliphatic carbocycles. The lowest BCUT2D eigenvalue weighted by molar-refractivity contribution is -0.147. The maximum Gasteiger partial charge on any atom is 0.306 e. The van der Waals surface area contributed by atoms with Gasteiger partial charge in [-0.1, -0.05) is 65.8 Å². The highest BCUT2D eigenvalue weighted by Gasteiger charge is 2.23. The molecule has 4 nitrogen and oxygen atoms in total. The number of rotatable bonds is 6. The molecule has 0 bridgehead atoms. The Hall–Kier alpha value is -2.62. The Kier molecular flexibility index (Phi) is 5.04. The number of hydrogen-bond donors (Lipinski definition) is 0. The molecule has 0 amide bonds. The smallest absolute Gasteiger partial charge is 0.306 e. The van der Waals surface area contributed by atoms with E-state index in [1.54, 1.807) is 0 Å². The number of ether oxygens (including phenoxy) is 1. The minimum atomic E-state index is -0.203. The zero-order valence-corrected chi connectivity index (χ0v) is 12.9. The minimum Gasteiger partial charge on any atom is -0.462 e. The van der Waals surface area contributed by atoms with E-state index in [0.29, 0.717) is 19.3 Å². The Balaban J connectivity index is 1.39. The van der Waals surface area contributed by atoms with Crippen LogP contribution in [0.2, 0.25) is 0 Å². The average molecular weight is 309 g/mol.